The van der Waals surface area contributed by atoms with Crippen LogP contribution in [0.5, 0.6) is 0 Å². The zero-order chi connectivity index (χ0) is 14.7. The van der Waals surface area contributed by atoms with Crippen LogP contribution in [0.25, 0.3) is 11.0 Å². The van der Waals surface area contributed by atoms with Gasteiger partial charge in [0.15, 0.2) is 5.82 Å². The van der Waals surface area contributed by atoms with Gasteiger partial charge in [-0.2, -0.15) is 5.26 Å². The van der Waals surface area contributed by atoms with Crippen LogP contribution in [0, 0.1) is 11.3 Å². The number of benzene rings is 2. The maximum absolute atomic E-state index is 12.6. The number of aromatic nitrogens is 2. The Bertz CT molecular complexity index is 828. The topological polar surface area (TPSA) is 58.7 Å². The molecule has 0 unspecified atom stereocenters. The van der Waals surface area contributed by atoms with Gasteiger partial charge in [-0.1, -0.05) is 42.5 Å². The van der Waals surface area contributed by atoms with Crippen LogP contribution in [0.1, 0.15) is 22.6 Å². The molecule has 0 saturated heterocycles. The molecule has 0 radical (unpaired) electrons. The van der Waals surface area contributed by atoms with Gasteiger partial charge in [0.05, 0.1) is 23.5 Å². The van der Waals surface area contributed by atoms with Gasteiger partial charge < -0.3 is 4.57 Å². The summed E-state index contributed by atoms with van der Waals surface area (Å²) in [5.74, 6) is 0.266. The second-order valence-corrected chi connectivity index (χ2v) is 4.68. The van der Waals surface area contributed by atoms with Crippen molar-refractivity contribution < 1.29 is 4.79 Å². The van der Waals surface area contributed by atoms with E-state index in [2.05, 4.69) is 11.1 Å². The van der Waals surface area contributed by atoms with Gasteiger partial charge in [-0.25, -0.2) is 4.98 Å². The van der Waals surface area contributed by atoms with Crippen molar-refractivity contribution in [3.05, 3.63) is 66.0 Å². The zero-order valence-corrected chi connectivity index (χ0v) is 11.4. The molecule has 3 rings (SSSR count). The molecule has 3 aromatic rings. The normalized spacial score (nSPS) is 10.4. The van der Waals surface area contributed by atoms with Crippen molar-refractivity contribution in [2.45, 2.75) is 13.0 Å². The number of hydrogen-bond acceptors (Lipinski definition) is 3. The van der Waals surface area contributed by atoms with Crippen molar-refractivity contribution in [2.75, 3.05) is 0 Å². The highest BCUT2D eigenvalue weighted by atomic mass is 16.1. The van der Waals surface area contributed by atoms with Crippen molar-refractivity contribution >= 4 is 16.8 Å². The summed E-state index contributed by atoms with van der Waals surface area (Å²) in [5.41, 5.74) is 2.26. The monoisotopic (exact) mass is 275 g/mol. The van der Waals surface area contributed by atoms with Gasteiger partial charge in [0.2, 0.25) is 5.78 Å². The highest BCUT2D eigenvalue weighted by molar-refractivity contribution is 6.08. The Hall–Kier alpha value is -2.93. The minimum atomic E-state index is -0.121. The molecular formula is C17H13N3O. The first-order valence-corrected chi connectivity index (χ1v) is 6.73. The maximum Gasteiger partial charge on any atom is 0.228 e. The van der Waals surface area contributed by atoms with Crippen LogP contribution in [0.4, 0.5) is 0 Å². The fraction of sp³-hybridized carbons (Fsp3) is 0.118. The van der Waals surface area contributed by atoms with Crippen LogP contribution in [-0.2, 0) is 6.54 Å². The van der Waals surface area contributed by atoms with Gasteiger partial charge in [-0.15, -0.1) is 0 Å². The molecule has 0 N–H and O–H groups in total. The predicted octanol–water partition coefficient (Wildman–Crippen LogP) is 3.18. The van der Waals surface area contributed by atoms with Crippen LogP contribution in [-0.4, -0.2) is 15.3 Å². The number of hydrogen-bond donors (Lipinski definition) is 0. The van der Waals surface area contributed by atoms with E-state index < -0.39 is 0 Å². The first kappa shape index (κ1) is 13.1. The maximum atomic E-state index is 12.6. The lowest BCUT2D eigenvalue weighted by atomic mass is 10.1. The standard InChI is InChI=1S/C17H13N3O/c18-11-6-12-20-15-10-5-4-9-14(15)19-17(20)16(21)13-7-2-1-3-8-13/h1-5,7-10H,6,12H2. The first-order chi connectivity index (χ1) is 10.3. The summed E-state index contributed by atoms with van der Waals surface area (Å²) in [5, 5.41) is 8.82. The summed E-state index contributed by atoms with van der Waals surface area (Å²) in [6.07, 6.45) is 0.343. The smallest absolute Gasteiger partial charge is 0.228 e. The van der Waals surface area contributed by atoms with Crippen LogP contribution in [0.15, 0.2) is 54.6 Å². The molecule has 1 heterocycles. The van der Waals surface area contributed by atoms with Crippen molar-refractivity contribution in [1.82, 2.24) is 9.55 Å². The van der Waals surface area contributed by atoms with Gasteiger partial charge in [0.1, 0.15) is 0 Å². The van der Waals surface area contributed by atoms with Crippen LogP contribution >= 0.6 is 0 Å². The van der Waals surface area contributed by atoms with E-state index in [1.165, 1.54) is 0 Å². The number of nitriles is 1. The van der Waals surface area contributed by atoms with Crippen molar-refractivity contribution in [1.29, 1.82) is 5.26 Å². The van der Waals surface area contributed by atoms with Gasteiger partial charge in [0.25, 0.3) is 0 Å². The Morgan fingerprint density at radius 1 is 1.10 bits per heavy atom. The summed E-state index contributed by atoms with van der Waals surface area (Å²) >= 11 is 0. The van der Waals surface area contributed by atoms with E-state index in [4.69, 9.17) is 5.26 Å². The molecule has 0 aliphatic carbocycles. The van der Waals surface area contributed by atoms with E-state index >= 15 is 0 Å². The molecule has 4 nitrogen and oxygen atoms in total. The molecule has 0 amide bonds. The van der Waals surface area contributed by atoms with E-state index in [1.807, 2.05) is 47.0 Å². The molecule has 0 atom stereocenters. The summed E-state index contributed by atoms with van der Waals surface area (Å²) in [6, 6.07) is 18.8. The third-order valence-electron chi connectivity index (χ3n) is 3.34. The van der Waals surface area contributed by atoms with Gasteiger partial charge in [0, 0.05) is 12.1 Å². The zero-order valence-electron chi connectivity index (χ0n) is 11.4. The SMILES string of the molecule is N#CCCn1c(C(=O)c2ccccc2)nc2ccccc21. The first-order valence-electron chi connectivity index (χ1n) is 6.73. The largest absolute Gasteiger partial charge is 0.320 e. The number of carbonyl (C=O) groups is 1. The number of para-hydroxylation sites is 2. The van der Waals surface area contributed by atoms with Gasteiger partial charge in [-0.3, -0.25) is 4.79 Å². The number of nitrogens with zero attached hydrogens (tertiary/aromatic N) is 3. The van der Waals surface area contributed by atoms with Crippen LogP contribution in [0.3, 0.4) is 0 Å². The molecule has 2 aromatic carbocycles. The lowest BCUT2D eigenvalue weighted by Gasteiger charge is -2.06. The Labute approximate surface area is 122 Å². The Kier molecular flexibility index (Phi) is 3.48. The van der Waals surface area contributed by atoms with E-state index in [0.29, 0.717) is 24.4 Å². The number of imidazole rings is 1. The number of rotatable bonds is 4. The summed E-state index contributed by atoms with van der Waals surface area (Å²) in [4.78, 5) is 17.1. The average molecular weight is 275 g/mol. The molecule has 1 aromatic heterocycles. The summed E-state index contributed by atoms with van der Waals surface area (Å²) < 4.78 is 1.83. The Morgan fingerprint density at radius 3 is 2.57 bits per heavy atom. The van der Waals surface area contributed by atoms with E-state index in [0.717, 1.165) is 11.0 Å². The molecule has 102 valence electrons. The highest BCUT2D eigenvalue weighted by Crippen LogP contribution is 2.19. The second-order valence-electron chi connectivity index (χ2n) is 4.68. The van der Waals surface area contributed by atoms with E-state index in [9.17, 15) is 4.79 Å². The molecule has 0 saturated carbocycles. The molecule has 0 spiro atoms. The predicted molar refractivity (Wildman–Crippen MR) is 79.8 cm³/mol. The Balaban J connectivity index is 2.13. The molecule has 0 bridgehead atoms. The van der Waals surface area contributed by atoms with Crippen LogP contribution in [0.2, 0.25) is 0 Å². The lowest BCUT2D eigenvalue weighted by Crippen LogP contribution is -2.11. The van der Waals surface area contributed by atoms with Crippen molar-refractivity contribution in [2.24, 2.45) is 0 Å². The second kappa shape index (κ2) is 5.59. The summed E-state index contributed by atoms with van der Waals surface area (Å²) in [7, 11) is 0. The van der Waals surface area contributed by atoms with Gasteiger partial charge >= 0.3 is 0 Å². The third-order valence-corrected chi connectivity index (χ3v) is 3.34. The molecule has 21 heavy (non-hydrogen) atoms. The molecule has 0 aliphatic rings. The number of fused-ring (bicyclic) bond motifs is 1. The molecule has 4 heteroatoms. The lowest BCUT2D eigenvalue weighted by molar-refractivity contribution is 0.102. The van der Waals surface area contributed by atoms with Crippen molar-refractivity contribution in [3.8, 4) is 6.07 Å². The fourth-order valence-electron chi connectivity index (χ4n) is 2.36. The molecule has 0 aliphatic heterocycles. The number of aryl methyl sites for hydroxylation is 1. The summed E-state index contributed by atoms with van der Waals surface area (Å²) in [6.45, 7) is 0.463. The van der Waals surface area contributed by atoms with Crippen molar-refractivity contribution in [3.63, 3.8) is 0 Å². The number of carbonyl (C=O) groups excluding carboxylic acids is 1. The van der Waals surface area contributed by atoms with Gasteiger partial charge in [-0.05, 0) is 12.1 Å². The Morgan fingerprint density at radius 2 is 1.81 bits per heavy atom. The third kappa shape index (κ3) is 2.41. The minimum Gasteiger partial charge on any atom is -0.320 e. The number of ketones is 1. The average Bonchev–Trinajstić information content (AvgIpc) is 2.91. The van der Waals surface area contributed by atoms with E-state index in [-0.39, 0.29) is 5.78 Å². The highest BCUT2D eigenvalue weighted by Gasteiger charge is 2.18. The fourth-order valence-corrected chi connectivity index (χ4v) is 2.36. The van der Waals surface area contributed by atoms with Crippen LogP contribution < -0.4 is 0 Å². The minimum absolute atomic E-state index is 0.121. The molecular weight excluding hydrogens is 262 g/mol. The van der Waals surface area contributed by atoms with E-state index in [1.54, 1.807) is 12.1 Å². The quantitative estimate of drug-likeness (QED) is 0.687. The molecule has 0 fully saturated rings.